The first kappa shape index (κ1) is 16.5. The van der Waals surface area contributed by atoms with Gasteiger partial charge in [-0.2, -0.15) is 0 Å². The Morgan fingerprint density at radius 3 is 2.52 bits per heavy atom. The summed E-state index contributed by atoms with van der Waals surface area (Å²) in [6.07, 6.45) is 0.405. The van der Waals surface area contributed by atoms with Crippen molar-refractivity contribution in [2.45, 2.75) is 6.42 Å². The third-order valence-corrected chi connectivity index (χ3v) is 2.92. The zero-order valence-corrected chi connectivity index (χ0v) is 12.0. The molecule has 0 saturated carbocycles. The van der Waals surface area contributed by atoms with Gasteiger partial charge in [0.1, 0.15) is 6.54 Å². The van der Waals surface area contributed by atoms with E-state index in [1.54, 1.807) is 18.2 Å². The summed E-state index contributed by atoms with van der Waals surface area (Å²) in [6, 6.07) is 6.26. The highest BCUT2D eigenvalue weighted by Gasteiger charge is 2.12. The third-order valence-electron chi connectivity index (χ3n) is 2.92. The lowest BCUT2D eigenvalue weighted by atomic mass is 10.0. The smallest absolute Gasteiger partial charge is 0.335 e. The van der Waals surface area contributed by atoms with Crippen LogP contribution in [0.1, 0.15) is 15.9 Å². The van der Waals surface area contributed by atoms with Crippen molar-refractivity contribution in [1.82, 2.24) is 15.5 Å². The molecule has 0 heterocycles. The van der Waals surface area contributed by atoms with E-state index >= 15 is 0 Å². The molecule has 0 aromatic heterocycles. The number of rotatable bonds is 6. The summed E-state index contributed by atoms with van der Waals surface area (Å²) >= 11 is 0. The normalized spacial score (nSPS) is 9.81. The van der Waals surface area contributed by atoms with Gasteiger partial charge in [-0.15, -0.1) is 0 Å². The molecule has 0 spiro atoms. The number of amides is 3. The molecule has 0 aliphatic carbocycles. The molecule has 0 radical (unpaired) electrons. The minimum atomic E-state index is -0.992. The first-order chi connectivity index (χ1) is 9.95. The Morgan fingerprint density at radius 1 is 1.24 bits per heavy atom. The number of likely N-dealkylation sites (N-methyl/N-ethyl adjacent to an activating group) is 2. The predicted octanol–water partition coefficient (Wildman–Crippen LogP) is 0.315. The van der Waals surface area contributed by atoms with E-state index in [0.29, 0.717) is 18.5 Å². The van der Waals surface area contributed by atoms with Crippen LogP contribution in [-0.2, 0) is 11.2 Å². The Bertz CT molecular complexity index is 531. The van der Waals surface area contributed by atoms with Crippen LogP contribution in [0.2, 0.25) is 0 Å². The van der Waals surface area contributed by atoms with Crippen LogP contribution in [-0.4, -0.2) is 55.1 Å². The van der Waals surface area contributed by atoms with Crippen LogP contribution >= 0.6 is 0 Å². The van der Waals surface area contributed by atoms with Gasteiger partial charge in [0.25, 0.3) is 0 Å². The molecule has 0 saturated heterocycles. The SMILES string of the molecule is CNC(=O)CN(C)C(=O)NCCc1ccccc1C(=O)O. The lowest BCUT2D eigenvalue weighted by molar-refractivity contribution is -0.120. The number of hydrogen-bond acceptors (Lipinski definition) is 3. The molecule has 0 aliphatic rings. The molecule has 21 heavy (non-hydrogen) atoms. The molecule has 3 amide bonds. The van der Waals surface area contributed by atoms with E-state index in [2.05, 4.69) is 10.6 Å². The lowest BCUT2D eigenvalue weighted by Gasteiger charge is -2.17. The molecule has 7 heteroatoms. The van der Waals surface area contributed by atoms with Crippen LogP contribution in [0.3, 0.4) is 0 Å². The first-order valence-corrected chi connectivity index (χ1v) is 6.46. The molecule has 0 atom stereocenters. The van der Waals surface area contributed by atoms with E-state index in [1.165, 1.54) is 25.1 Å². The van der Waals surface area contributed by atoms with E-state index in [1.807, 2.05) is 0 Å². The summed E-state index contributed by atoms with van der Waals surface area (Å²) in [6.45, 7) is 0.259. The van der Waals surface area contributed by atoms with E-state index in [-0.39, 0.29) is 24.0 Å². The van der Waals surface area contributed by atoms with Crippen molar-refractivity contribution in [2.75, 3.05) is 27.2 Å². The second-order valence-electron chi connectivity index (χ2n) is 4.47. The number of urea groups is 1. The van der Waals surface area contributed by atoms with E-state index < -0.39 is 5.97 Å². The Labute approximate surface area is 122 Å². The van der Waals surface area contributed by atoms with Crippen LogP contribution in [0.5, 0.6) is 0 Å². The maximum absolute atomic E-state index is 11.7. The summed E-state index contributed by atoms with van der Waals surface area (Å²) in [5, 5.41) is 14.1. The molecule has 0 aliphatic heterocycles. The molecule has 0 bridgehead atoms. The number of aromatic carboxylic acids is 1. The van der Waals surface area contributed by atoms with E-state index in [4.69, 9.17) is 5.11 Å². The second kappa shape index (κ2) is 7.88. The fourth-order valence-corrected chi connectivity index (χ4v) is 1.75. The molecule has 0 unspecified atom stereocenters. The average Bonchev–Trinajstić information content (AvgIpc) is 2.47. The van der Waals surface area contributed by atoms with E-state index in [9.17, 15) is 14.4 Å². The highest BCUT2D eigenvalue weighted by Crippen LogP contribution is 2.08. The second-order valence-corrected chi connectivity index (χ2v) is 4.47. The van der Waals surface area contributed by atoms with Gasteiger partial charge in [-0.1, -0.05) is 18.2 Å². The van der Waals surface area contributed by atoms with Crippen molar-refractivity contribution in [3.8, 4) is 0 Å². The van der Waals surface area contributed by atoms with Gasteiger partial charge in [0.05, 0.1) is 5.56 Å². The zero-order valence-electron chi connectivity index (χ0n) is 12.0. The maximum atomic E-state index is 11.7. The molecular formula is C14H19N3O4. The fraction of sp³-hybridized carbons (Fsp3) is 0.357. The van der Waals surface area contributed by atoms with Gasteiger partial charge >= 0.3 is 12.0 Å². The minimum Gasteiger partial charge on any atom is -0.478 e. The Morgan fingerprint density at radius 2 is 1.90 bits per heavy atom. The monoisotopic (exact) mass is 293 g/mol. The lowest BCUT2D eigenvalue weighted by Crippen LogP contribution is -2.43. The molecule has 0 fully saturated rings. The van der Waals surface area contributed by atoms with Gasteiger partial charge in [-0.3, -0.25) is 4.79 Å². The van der Waals surface area contributed by atoms with Gasteiger partial charge in [0.2, 0.25) is 5.91 Å². The summed E-state index contributed by atoms with van der Waals surface area (Å²) < 4.78 is 0. The summed E-state index contributed by atoms with van der Waals surface area (Å²) in [5.41, 5.74) is 0.879. The number of hydrogen-bond donors (Lipinski definition) is 3. The van der Waals surface area contributed by atoms with Crippen molar-refractivity contribution >= 4 is 17.9 Å². The van der Waals surface area contributed by atoms with Crippen LogP contribution in [0, 0.1) is 0 Å². The van der Waals surface area contributed by atoms with Crippen molar-refractivity contribution in [2.24, 2.45) is 0 Å². The summed E-state index contributed by atoms with van der Waals surface area (Å²) in [5.74, 6) is -1.25. The Hall–Kier alpha value is -2.57. The molecule has 1 aromatic rings. The van der Waals surface area contributed by atoms with Gasteiger partial charge in [-0.25, -0.2) is 9.59 Å². The average molecular weight is 293 g/mol. The molecular weight excluding hydrogens is 274 g/mol. The number of carboxylic acids is 1. The fourth-order valence-electron chi connectivity index (χ4n) is 1.75. The quantitative estimate of drug-likeness (QED) is 0.703. The Balaban J connectivity index is 2.48. The number of carbonyl (C=O) groups is 3. The van der Waals surface area contributed by atoms with E-state index in [0.717, 1.165) is 0 Å². The van der Waals surface area contributed by atoms with Gasteiger partial charge in [0.15, 0.2) is 0 Å². The highest BCUT2D eigenvalue weighted by atomic mass is 16.4. The summed E-state index contributed by atoms with van der Waals surface area (Å²) in [7, 11) is 3.01. The Kier molecular flexibility index (Phi) is 6.19. The van der Waals surface area contributed by atoms with Crippen LogP contribution in [0.25, 0.3) is 0 Å². The molecule has 1 rings (SSSR count). The topological polar surface area (TPSA) is 98.7 Å². The van der Waals surface area contributed by atoms with Crippen LogP contribution < -0.4 is 10.6 Å². The third kappa shape index (κ3) is 5.13. The van der Waals surface area contributed by atoms with Crippen molar-refractivity contribution in [3.63, 3.8) is 0 Å². The first-order valence-electron chi connectivity index (χ1n) is 6.46. The van der Waals surface area contributed by atoms with Crippen molar-refractivity contribution < 1.29 is 19.5 Å². The van der Waals surface area contributed by atoms with Crippen LogP contribution in [0.15, 0.2) is 24.3 Å². The molecule has 1 aromatic carbocycles. The molecule has 3 N–H and O–H groups in total. The predicted molar refractivity (Wildman–Crippen MR) is 77.2 cm³/mol. The minimum absolute atomic E-state index is 0.0337. The number of carbonyl (C=O) groups excluding carboxylic acids is 2. The standard InChI is InChI=1S/C14H19N3O4/c1-15-12(18)9-17(2)14(21)16-8-7-10-5-3-4-6-11(10)13(19)20/h3-6H,7-9H2,1-2H3,(H,15,18)(H,16,21)(H,19,20). The summed E-state index contributed by atoms with van der Waals surface area (Å²) in [4.78, 5) is 35.2. The number of carboxylic acid groups (broad SMARTS) is 1. The largest absolute Gasteiger partial charge is 0.478 e. The number of nitrogens with zero attached hydrogens (tertiary/aromatic N) is 1. The van der Waals surface area contributed by atoms with Gasteiger partial charge in [-0.05, 0) is 18.1 Å². The highest BCUT2D eigenvalue weighted by molar-refractivity contribution is 5.89. The number of nitrogens with one attached hydrogen (secondary N) is 2. The van der Waals surface area contributed by atoms with Crippen molar-refractivity contribution in [1.29, 1.82) is 0 Å². The van der Waals surface area contributed by atoms with Gasteiger partial charge in [0, 0.05) is 20.6 Å². The van der Waals surface area contributed by atoms with Crippen LogP contribution in [0.4, 0.5) is 4.79 Å². The molecule has 114 valence electrons. The van der Waals surface area contributed by atoms with Crippen molar-refractivity contribution in [3.05, 3.63) is 35.4 Å². The van der Waals surface area contributed by atoms with Gasteiger partial charge < -0.3 is 20.6 Å². The number of benzene rings is 1. The molecule has 7 nitrogen and oxygen atoms in total. The maximum Gasteiger partial charge on any atom is 0.335 e. The zero-order chi connectivity index (χ0) is 15.8.